The van der Waals surface area contributed by atoms with E-state index in [4.69, 9.17) is 0 Å². The molecule has 3 aliphatic rings. The van der Waals surface area contributed by atoms with Crippen molar-refractivity contribution in [1.29, 1.82) is 0 Å². The Bertz CT molecular complexity index is 905. The molecule has 2 aromatic rings. The van der Waals surface area contributed by atoms with Crippen molar-refractivity contribution in [3.8, 4) is 0 Å². The van der Waals surface area contributed by atoms with Crippen LogP contribution in [0.25, 0.3) is 0 Å². The molecule has 0 spiro atoms. The van der Waals surface area contributed by atoms with Crippen molar-refractivity contribution in [2.45, 2.75) is 37.6 Å². The van der Waals surface area contributed by atoms with E-state index >= 15 is 0 Å². The van der Waals surface area contributed by atoms with Gasteiger partial charge in [0.05, 0.1) is 11.7 Å². The van der Waals surface area contributed by atoms with Crippen LogP contribution in [0.1, 0.15) is 42.6 Å². The summed E-state index contributed by atoms with van der Waals surface area (Å²) in [6, 6.07) is 6.85. The molecule has 2 atom stereocenters. The van der Waals surface area contributed by atoms with E-state index in [1.165, 1.54) is 6.07 Å². The number of aromatic nitrogens is 2. The Kier molecular flexibility index (Phi) is 3.10. The van der Waals surface area contributed by atoms with Crippen molar-refractivity contribution in [2.75, 3.05) is 25.0 Å². The maximum absolute atomic E-state index is 13.6. The minimum atomic E-state index is -0.204. The zero-order valence-corrected chi connectivity index (χ0v) is 15.1. The zero-order valence-electron chi connectivity index (χ0n) is 15.1. The summed E-state index contributed by atoms with van der Waals surface area (Å²) in [5.41, 5.74) is 1.52. The predicted octanol–water partition coefficient (Wildman–Crippen LogP) is 2.99. The summed E-state index contributed by atoms with van der Waals surface area (Å²) in [5, 5.41) is 7.82. The number of likely N-dealkylation sites (tertiary alicyclic amines) is 1. The van der Waals surface area contributed by atoms with E-state index in [2.05, 4.69) is 24.3 Å². The van der Waals surface area contributed by atoms with Gasteiger partial charge in [0.1, 0.15) is 17.2 Å². The summed E-state index contributed by atoms with van der Waals surface area (Å²) < 4.78 is 15.6. The van der Waals surface area contributed by atoms with Gasteiger partial charge in [0, 0.05) is 25.0 Å². The van der Waals surface area contributed by atoms with Crippen LogP contribution in [0.15, 0.2) is 30.5 Å². The number of nitrogens with one attached hydrogen (secondary N) is 1. The summed E-state index contributed by atoms with van der Waals surface area (Å²) in [6.07, 6.45) is 3.71. The number of hydrogen-bond acceptors (Lipinski definition) is 3. The number of piperidine rings is 1. The molecule has 0 bridgehead atoms. The lowest BCUT2D eigenvalue weighted by Crippen LogP contribution is -2.37. The van der Waals surface area contributed by atoms with Crippen LogP contribution in [0, 0.1) is 11.7 Å². The van der Waals surface area contributed by atoms with Gasteiger partial charge in [0.15, 0.2) is 0 Å². The number of carbonyl (C=O) groups is 1. The molecule has 1 aromatic carbocycles. The standard InChI is InChI=1S/C20H23FN4O/c1-19(2)6-7-22-17-16(10-23-25(17)19)18(26)24-11-14-9-20(14,12-24)13-4-3-5-15(21)8-13/h3-5,8,10,14,22H,6-7,9,11-12H2,1-2H3. The number of anilines is 1. The number of benzene rings is 1. The molecule has 1 N–H and O–H groups in total. The first kappa shape index (κ1) is 15.9. The first-order chi connectivity index (χ1) is 12.4. The number of fused-ring (bicyclic) bond motifs is 2. The summed E-state index contributed by atoms with van der Waals surface area (Å²) >= 11 is 0. The van der Waals surface area contributed by atoms with E-state index in [0.29, 0.717) is 18.0 Å². The third-order valence-electron chi connectivity index (χ3n) is 6.43. The van der Waals surface area contributed by atoms with Crippen molar-refractivity contribution in [2.24, 2.45) is 5.92 Å². The molecule has 1 saturated heterocycles. The Morgan fingerprint density at radius 2 is 2.23 bits per heavy atom. The number of rotatable bonds is 2. The van der Waals surface area contributed by atoms with E-state index < -0.39 is 0 Å². The van der Waals surface area contributed by atoms with Gasteiger partial charge in [-0.25, -0.2) is 9.07 Å². The lowest BCUT2D eigenvalue weighted by molar-refractivity contribution is 0.0773. The van der Waals surface area contributed by atoms with Gasteiger partial charge in [0.2, 0.25) is 0 Å². The highest BCUT2D eigenvalue weighted by Crippen LogP contribution is 2.59. The highest BCUT2D eigenvalue weighted by Gasteiger charge is 2.61. The summed E-state index contributed by atoms with van der Waals surface area (Å²) in [5.74, 6) is 1.08. The Morgan fingerprint density at radius 3 is 3.04 bits per heavy atom. The Hall–Kier alpha value is -2.37. The van der Waals surface area contributed by atoms with Crippen molar-refractivity contribution < 1.29 is 9.18 Å². The van der Waals surface area contributed by atoms with Crippen LogP contribution in [0.2, 0.25) is 0 Å². The summed E-state index contributed by atoms with van der Waals surface area (Å²) in [4.78, 5) is 15.1. The average Bonchev–Trinajstić information content (AvgIpc) is 2.97. The third kappa shape index (κ3) is 2.14. The van der Waals surface area contributed by atoms with Gasteiger partial charge in [0.25, 0.3) is 5.91 Å². The van der Waals surface area contributed by atoms with Crippen LogP contribution in [-0.4, -0.2) is 40.2 Å². The Balaban J connectivity index is 1.41. The number of nitrogens with zero attached hydrogens (tertiary/aromatic N) is 3. The number of halogens is 1. The molecular formula is C20H23FN4O. The van der Waals surface area contributed by atoms with Crippen LogP contribution in [0.5, 0.6) is 0 Å². The molecule has 1 saturated carbocycles. The highest BCUT2D eigenvalue weighted by atomic mass is 19.1. The summed E-state index contributed by atoms with van der Waals surface area (Å²) in [7, 11) is 0. The molecule has 5 nitrogen and oxygen atoms in total. The van der Waals surface area contributed by atoms with Crippen LogP contribution >= 0.6 is 0 Å². The lowest BCUT2D eigenvalue weighted by Gasteiger charge is -2.33. The van der Waals surface area contributed by atoms with E-state index in [1.54, 1.807) is 18.3 Å². The van der Waals surface area contributed by atoms with Gasteiger partial charge in [-0.3, -0.25) is 4.79 Å². The smallest absolute Gasteiger partial charge is 0.259 e. The molecule has 6 heteroatoms. The third-order valence-corrected chi connectivity index (χ3v) is 6.43. The minimum absolute atomic E-state index is 0.0272. The lowest BCUT2D eigenvalue weighted by atomic mass is 9.95. The Labute approximate surface area is 152 Å². The summed E-state index contributed by atoms with van der Waals surface area (Å²) in [6.45, 7) is 6.53. The molecule has 0 radical (unpaired) electrons. The van der Waals surface area contributed by atoms with E-state index in [0.717, 1.165) is 37.3 Å². The Morgan fingerprint density at radius 1 is 1.38 bits per heavy atom. The molecule has 3 heterocycles. The number of amides is 1. The van der Waals surface area contributed by atoms with Crippen LogP contribution in [0.3, 0.4) is 0 Å². The average molecular weight is 354 g/mol. The van der Waals surface area contributed by atoms with E-state index in [1.807, 2.05) is 15.6 Å². The van der Waals surface area contributed by atoms with Gasteiger partial charge in [-0.1, -0.05) is 12.1 Å². The van der Waals surface area contributed by atoms with Gasteiger partial charge < -0.3 is 10.2 Å². The van der Waals surface area contributed by atoms with Crippen LogP contribution in [-0.2, 0) is 11.0 Å². The molecule has 1 aliphatic carbocycles. The number of hydrogen-bond donors (Lipinski definition) is 1. The van der Waals surface area contributed by atoms with E-state index in [9.17, 15) is 9.18 Å². The fraction of sp³-hybridized carbons (Fsp3) is 0.500. The molecule has 2 fully saturated rings. The molecule has 2 aliphatic heterocycles. The molecule has 1 amide bonds. The second-order valence-corrected chi connectivity index (χ2v) is 8.56. The van der Waals surface area contributed by atoms with Crippen molar-refractivity contribution in [3.05, 3.63) is 47.4 Å². The molecule has 1 aromatic heterocycles. The molecule has 26 heavy (non-hydrogen) atoms. The second kappa shape index (κ2) is 5.09. The number of carbonyl (C=O) groups excluding carboxylic acids is 1. The van der Waals surface area contributed by atoms with E-state index in [-0.39, 0.29) is 22.7 Å². The molecule has 5 rings (SSSR count). The van der Waals surface area contributed by atoms with Crippen molar-refractivity contribution >= 4 is 11.7 Å². The first-order valence-corrected chi connectivity index (χ1v) is 9.28. The van der Waals surface area contributed by atoms with Gasteiger partial charge in [-0.15, -0.1) is 0 Å². The zero-order chi connectivity index (χ0) is 18.1. The maximum atomic E-state index is 13.6. The largest absolute Gasteiger partial charge is 0.370 e. The van der Waals surface area contributed by atoms with Crippen LogP contribution < -0.4 is 5.32 Å². The molecule has 2 unspecified atom stereocenters. The quantitative estimate of drug-likeness (QED) is 0.902. The van der Waals surface area contributed by atoms with Gasteiger partial charge in [-0.05, 0) is 50.3 Å². The fourth-order valence-electron chi connectivity index (χ4n) is 4.78. The first-order valence-electron chi connectivity index (χ1n) is 9.28. The van der Waals surface area contributed by atoms with Crippen molar-refractivity contribution in [1.82, 2.24) is 14.7 Å². The second-order valence-electron chi connectivity index (χ2n) is 8.56. The fourth-order valence-corrected chi connectivity index (χ4v) is 4.78. The SMILES string of the molecule is CC1(C)CCNc2c(C(=O)N3CC4CC4(c4cccc(F)c4)C3)cnn21. The van der Waals surface area contributed by atoms with Crippen LogP contribution in [0.4, 0.5) is 10.2 Å². The van der Waals surface area contributed by atoms with Gasteiger partial charge in [-0.2, -0.15) is 5.10 Å². The highest BCUT2D eigenvalue weighted by molar-refractivity contribution is 5.99. The maximum Gasteiger partial charge on any atom is 0.259 e. The predicted molar refractivity (Wildman–Crippen MR) is 96.7 cm³/mol. The molecule has 136 valence electrons. The topological polar surface area (TPSA) is 50.2 Å². The normalized spacial score (nSPS) is 28.3. The minimum Gasteiger partial charge on any atom is -0.370 e. The molecular weight excluding hydrogens is 331 g/mol. The van der Waals surface area contributed by atoms with Gasteiger partial charge >= 0.3 is 0 Å². The monoisotopic (exact) mass is 354 g/mol. The van der Waals surface area contributed by atoms with Crippen molar-refractivity contribution in [3.63, 3.8) is 0 Å².